The van der Waals surface area contributed by atoms with Crippen molar-refractivity contribution < 1.29 is 22.3 Å². The molecule has 4 aromatic rings. The first-order valence-electron chi connectivity index (χ1n) is 12.3. The lowest BCUT2D eigenvalue weighted by atomic mass is 10.0. The maximum atomic E-state index is 12.0. The van der Waals surface area contributed by atoms with E-state index in [0.29, 0.717) is 40.4 Å². The van der Waals surface area contributed by atoms with Crippen molar-refractivity contribution in [1.82, 2.24) is 10.3 Å². The van der Waals surface area contributed by atoms with Gasteiger partial charge >= 0.3 is 0 Å². The first-order chi connectivity index (χ1) is 18.8. The third-order valence-corrected chi connectivity index (χ3v) is 7.13. The molecule has 11 heteroatoms. The molecule has 1 fully saturated rings. The lowest BCUT2D eigenvalue weighted by Crippen LogP contribution is -2.29. The van der Waals surface area contributed by atoms with E-state index in [-0.39, 0.29) is 6.04 Å². The van der Waals surface area contributed by atoms with Crippen molar-refractivity contribution in [3.63, 3.8) is 0 Å². The molecule has 202 valence electrons. The fourth-order valence-corrected chi connectivity index (χ4v) is 5.50. The highest BCUT2D eigenvalue weighted by molar-refractivity contribution is 7.92. The van der Waals surface area contributed by atoms with E-state index in [0.717, 1.165) is 23.3 Å². The maximum Gasteiger partial charge on any atom is 0.229 e. The zero-order chi connectivity index (χ0) is 27.6. The van der Waals surface area contributed by atoms with E-state index in [9.17, 15) is 8.42 Å². The Kier molecular flexibility index (Phi) is 7.45. The molecule has 0 radical (unpaired) electrons. The van der Waals surface area contributed by atoms with Gasteiger partial charge in [-0.15, -0.1) is 0 Å². The van der Waals surface area contributed by atoms with E-state index in [1.165, 1.54) is 7.11 Å². The third-order valence-electron chi connectivity index (χ3n) is 6.22. The molecular formula is C28H28N4O5S2. The second-order valence-electron chi connectivity index (χ2n) is 8.91. The van der Waals surface area contributed by atoms with Gasteiger partial charge in [0.05, 0.1) is 37.4 Å². The number of thiocarbonyl (C=S) groups is 1. The molecule has 3 heterocycles. The lowest BCUT2D eigenvalue weighted by Gasteiger charge is -2.27. The average molecular weight is 565 g/mol. The fraction of sp³-hybridized carbons (Fsp3) is 0.214. The summed E-state index contributed by atoms with van der Waals surface area (Å²) in [6.45, 7) is 2.54. The van der Waals surface area contributed by atoms with Crippen molar-refractivity contribution in [2.75, 3.05) is 29.6 Å². The third kappa shape index (κ3) is 5.69. The number of furan rings is 1. The molecule has 2 aromatic carbocycles. The van der Waals surface area contributed by atoms with Crippen molar-refractivity contribution in [3.8, 4) is 22.8 Å². The van der Waals surface area contributed by atoms with Crippen LogP contribution in [0.25, 0.3) is 11.3 Å². The number of rotatable bonds is 9. The zero-order valence-electron chi connectivity index (χ0n) is 21.6. The molecule has 5 rings (SSSR count). The topological polar surface area (TPSA) is 106 Å². The number of methoxy groups -OCH3 is 1. The summed E-state index contributed by atoms with van der Waals surface area (Å²) < 4.78 is 44.0. The highest BCUT2D eigenvalue weighted by atomic mass is 32.2. The van der Waals surface area contributed by atoms with Gasteiger partial charge in [-0.05, 0) is 85.9 Å². The molecule has 2 N–H and O–H groups in total. The minimum absolute atomic E-state index is 0.301. The predicted octanol–water partition coefficient (Wildman–Crippen LogP) is 5.30. The van der Waals surface area contributed by atoms with Gasteiger partial charge in [0.2, 0.25) is 10.0 Å². The minimum Gasteiger partial charge on any atom is -0.495 e. The van der Waals surface area contributed by atoms with Crippen LogP contribution in [-0.2, 0) is 10.0 Å². The summed E-state index contributed by atoms with van der Waals surface area (Å²) in [5, 5.41) is 3.83. The standard InChI is InChI=1S/C28H28N4O5S2/c1-4-36-20-11-8-18(9-12-20)23-14-15-25(37-23)27-26(21-7-5-6-16-29-21)30-28(38)32(27)19-10-13-24(35-2)22(17-19)31-39(3,33)34/h5-17,26-27,31H,4H2,1-3H3,(H,30,38)/t26-,27-/m0/s1. The molecule has 0 bridgehead atoms. The SMILES string of the molecule is CCOc1ccc(-c2ccc([C@H]3[C@H](c4ccccn4)NC(=S)N3c3ccc(OC)c(NS(C)(=O)=O)c3)o2)cc1. The van der Waals surface area contributed by atoms with Gasteiger partial charge in [0.1, 0.15) is 29.1 Å². The van der Waals surface area contributed by atoms with Crippen LogP contribution in [0.15, 0.2) is 83.4 Å². The molecule has 0 aliphatic carbocycles. The van der Waals surface area contributed by atoms with Gasteiger partial charge in [-0.25, -0.2) is 8.42 Å². The van der Waals surface area contributed by atoms with Crippen molar-refractivity contribution in [3.05, 3.63) is 90.4 Å². The van der Waals surface area contributed by atoms with Crippen molar-refractivity contribution in [1.29, 1.82) is 0 Å². The molecule has 0 unspecified atom stereocenters. The second-order valence-corrected chi connectivity index (χ2v) is 11.0. The zero-order valence-corrected chi connectivity index (χ0v) is 23.3. The lowest BCUT2D eigenvalue weighted by molar-refractivity contribution is 0.340. The number of nitrogens with one attached hydrogen (secondary N) is 2. The Morgan fingerprint density at radius 2 is 1.90 bits per heavy atom. The molecule has 1 saturated heterocycles. The smallest absolute Gasteiger partial charge is 0.229 e. The summed E-state index contributed by atoms with van der Waals surface area (Å²) in [6, 6.07) is 21.7. The Bertz CT molecular complexity index is 1570. The highest BCUT2D eigenvalue weighted by Crippen LogP contribution is 2.44. The highest BCUT2D eigenvalue weighted by Gasteiger charge is 2.42. The summed E-state index contributed by atoms with van der Waals surface area (Å²) in [5.74, 6) is 2.53. The molecule has 0 amide bonds. The number of anilines is 2. The molecule has 0 spiro atoms. The number of aromatic nitrogens is 1. The van der Waals surface area contributed by atoms with Crippen LogP contribution in [0.4, 0.5) is 11.4 Å². The van der Waals surface area contributed by atoms with Gasteiger partial charge in [0, 0.05) is 17.4 Å². The summed E-state index contributed by atoms with van der Waals surface area (Å²) >= 11 is 5.79. The Labute approximate surface area is 232 Å². The van der Waals surface area contributed by atoms with Crippen LogP contribution in [-0.4, -0.2) is 38.5 Å². The molecule has 2 atom stereocenters. The predicted molar refractivity (Wildman–Crippen MR) is 155 cm³/mol. The van der Waals surface area contributed by atoms with E-state index >= 15 is 0 Å². The largest absolute Gasteiger partial charge is 0.495 e. The number of sulfonamides is 1. The van der Waals surface area contributed by atoms with Crippen LogP contribution in [0.2, 0.25) is 0 Å². The quantitative estimate of drug-likeness (QED) is 0.262. The van der Waals surface area contributed by atoms with Gasteiger partial charge in [-0.1, -0.05) is 6.07 Å². The van der Waals surface area contributed by atoms with E-state index < -0.39 is 16.1 Å². The fourth-order valence-electron chi connectivity index (χ4n) is 4.60. The van der Waals surface area contributed by atoms with E-state index in [1.54, 1.807) is 18.3 Å². The van der Waals surface area contributed by atoms with Gasteiger partial charge in [-0.2, -0.15) is 0 Å². The first-order valence-corrected chi connectivity index (χ1v) is 14.6. The summed E-state index contributed by atoms with van der Waals surface area (Å²) in [7, 11) is -2.07. The van der Waals surface area contributed by atoms with Crippen LogP contribution in [0, 0.1) is 0 Å². The average Bonchev–Trinajstić information content (AvgIpc) is 3.53. The van der Waals surface area contributed by atoms with E-state index in [2.05, 4.69) is 15.0 Å². The van der Waals surface area contributed by atoms with Crippen molar-refractivity contribution >= 4 is 38.7 Å². The first kappa shape index (κ1) is 26.5. The summed E-state index contributed by atoms with van der Waals surface area (Å²) in [4.78, 5) is 6.47. The number of nitrogens with zero attached hydrogens (tertiary/aromatic N) is 2. The second kappa shape index (κ2) is 11.0. The van der Waals surface area contributed by atoms with Gasteiger partial charge < -0.3 is 24.1 Å². The molecule has 1 aliphatic heterocycles. The van der Waals surface area contributed by atoms with Gasteiger partial charge in [-0.3, -0.25) is 9.71 Å². The van der Waals surface area contributed by atoms with E-state index in [4.69, 9.17) is 26.1 Å². The Balaban J connectivity index is 1.57. The van der Waals surface area contributed by atoms with Crippen LogP contribution < -0.4 is 24.4 Å². The Morgan fingerprint density at radius 3 is 2.56 bits per heavy atom. The van der Waals surface area contributed by atoms with Crippen molar-refractivity contribution in [2.45, 2.75) is 19.0 Å². The molecule has 1 aliphatic rings. The molecular weight excluding hydrogens is 536 g/mol. The summed E-state index contributed by atoms with van der Waals surface area (Å²) in [5.41, 5.74) is 2.65. The normalized spacial score (nSPS) is 17.1. The van der Waals surface area contributed by atoms with Gasteiger partial charge in [0.25, 0.3) is 0 Å². The molecule has 9 nitrogen and oxygen atoms in total. The van der Waals surface area contributed by atoms with Crippen LogP contribution in [0.3, 0.4) is 0 Å². The number of ether oxygens (including phenoxy) is 2. The van der Waals surface area contributed by atoms with Crippen molar-refractivity contribution in [2.24, 2.45) is 0 Å². The monoisotopic (exact) mass is 564 g/mol. The van der Waals surface area contributed by atoms with Crippen LogP contribution in [0.1, 0.15) is 30.5 Å². The number of hydrogen-bond acceptors (Lipinski definition) is 7. The van der Waals surface area contributed by atoms with E-state index in [1.807, 2.05) is 72.5 Å². The minimum atomic E-state index is -3.55. The van der Waals surface area contributed by atoms with Crippen LogP contribution >= 0.6 is 12.2 Å². The number of benzene rings is 2. The number of pyridine rings is 1. The maximum absolute atomic E-state index is 12.0. The summed E-state index contributed by atoms with van der Waals surface area (Å²) in [6.07, 6.45) is 2.82. The molecule has 39 heavy (non-hydrogen) atoms. The number of hydrogen-bond donors (Lipinski definition) is 2. The Hall–Kier alpha value is -4.09. The van der Waals surface area contributed by atoms with Crippen LogP contribution in [0.5, 0.6) is 11.5 Å². The molecule has 2 aromatic heterocycles. The molecule has 0 saturated carbocycles. The van der Waals surface area contributed by atoms with Gasteiger partial charge in [0.15, 0.2) is 5.11 Å². The Morgan fingerprint density at radius 1 is 1.10 bits per heavy atom.